The molecule has 1 N–H and O–H groups in total. The molecule has 0 radical (unpaired) electrons. The van der Waals surface area contributed by atoms with Crippen LogP contribution < -0.4 is 10.1 Å². The summed E-state index contributed by atoms with van der Waals surface area (Å²) in [5.74, 6) is 1.28. The van der Waals surface area contributed by atoms with Gasteiger partial charge in [0, 0.05) is 6.42 Å². The lowest BCUT2D eigenvalue weighted by Crippen LogP contribution is -2.14. The Hall–Kier alpha value is -2.07. The molecule has 1 aromatic heterocycles. The number of nitrogens with one attached hydrogen (secondary N) is 1. The topological polar surface area (TPSA) is 111 Å². The van der Waals surface area contributed by atoms with E-state index in [9.17, 15) is 13.2 Å². The number of carbonyl (C=O) groups excluding carboxylic acids is 1. The predicted octanol–water partition coefficient (Wildman–Crippen LogP) is 2.09. The summed E-state index contributed by atoms with van der Waals surface area (Å²) in [4.78, 5) is 12.2. The van der Waals surface area contributed by atoms with E-state index in [4.69, 9.17) is 9.15 Å². The van der Waals surface area contributed by atoms with E-state index in [1.54, 1.807) is 13.2 Å². The molecule has 27 heavy (non-hydrogen) atoms. The summed E-state index contributed by atoms with van der Waals surface area (Å²) in [6.45, 7) is 1.93. The molecule has 10 heteroatoms. The second-order valence-corrected chi connectivity index (χ2v) is 9.63. The summed E-state index contributed by atoms with van der Waals surface area (Å²) in [7, 11) is -1.38. The van der Waals surface area contributed by atoms with Crippen LogP contribution in [0.4, 0.5) is 5.69 Å². The molecule has 0 bridgehead atoms. The molecular weight excluding hydrogens is 390 g/mol. The first-order chi connectivity index (χ1) is 12.8. The minimum absolute atomic E-state index is 0.0189. The molecule has 1 atom stereocenters. The quantitative estimate of drug-likeness (QED) is 0.690. The highest BCUT2D eigenvalue weighted by Gasteiger charge is 2.29. The maximum atomic E-state index is 12.2. The zero-order chi connectivity index (χ0) is 19.4. The molecular formula is C17H21N3O5S2. The van der Waals surface area contributed by atoms with Gasteiger partial charge in [-0.25, -0.2) is 8.42 Å². The van der Waals surface area contributed by atoms with Gasteiger partial charge >= 0.3 is 0 Å². The van der Waals surface area contributed by atoms with Crippen LogP contribution in [0.1, 0.15) is 17.9 Å². The van der Waals surface area contributed by atoms with Crippen molar-refractivity contribution in [3.63, 3.8) is 0 Å². The Morgan fingerprint density at radius 3 is 2.93 bits per heavy atom. The van der Waals surface area contributed by atoms with Crippen LogP contribution in [-0.4, -0.2) is 48.9 Å². The molecule has 8 nitrogen and oxygen atoms in total. The number of aromatic nitrogens is 2. The molecule has 1 aliphatic heterocycles. The smallest absolute Gasteiger partial charge is 0.277 e. The van der Waals surface area contributed by atoms with Crippen molar-refractivity contribution in [1.29, 1.82) is 0 Å². The van der Waals surface area contributed by atoms with Crippen LogP contribution in [0.5, 0.6) is 5.75 Å². The number of thioether (sulfide) groups is 1. The van der Waals surface area contributed by atoms with Gasteiger partial charge in [0.2, 0.25) is 11.8 Å². The van der Waals surface area contributed by atoms with Gasteiger partial charge in [0.15, 0.2) is 9.84 Å². The molecule has 1 amide bonds. The number of rotatable bonds is 7. The van der Waals surface area contributed by atoms with Crippen LogP contribution in [0, 0.1) is 12.8 Å². The Morgan fingerprint density at radius 1 is 1.41 bits per heavy atom. The summed E-state index contributed by atoms with van der Waals surface area (Å²) in [5, 5.41) is 11.0. The molecule has 146 valence electrons. The average Bonchev–Trinajstić information content (AvgIpc) is 3.19. The number of sulfone groups is 1. The standard InChI is InChI=1S/C17H21N3O5S2/c1-11-3-4-14(24-2)13(7-11)18-15(21)9-26-17-20-19-16(25-17)8-12-5-6-27(22,23)10-12/h3-4,7,12H,5-6,8-10H2,1-2H3,(H,18,21)/t12-/m1/s1. The van der Waals surface area contributed by atoms with Crippen LogP contribution in [0.3, 0.4) is 0 Å². The Labute approximate surface area is 162 Å². The van der Waals surface area contributed by atoms with E-state index < -0.39 is 9.84 Å². The Bertz CT molecular complexity index is 926. The fourth-order valence-corrected chi connectivity index (χ4v) is 5.33. The van der Waals surface area contributed by atoms with Gasteiger partial charge in [-0.05, 0) is 37.0 Å². The molecule has 1 fully saturated rings. The lowest BCUT2D eigenvalue weighted by molar-refractivity contribution is -0.113. The van der Waals surface area contributed by atoms with Gasteiger partial charge in [-0.15, -0.1) is 10.2 Å². The summed E-state index contributed by atoms with van der Waals surface area (Å²) in [5.41, 5.74) is 1.62. The molecule has 0 aliphatic carbocycles. The van der Waals surface area contributed by atoms with Gasteiger partial charge in [0.05, 0.1) is 30.1 Å². The number of anilines is 1. The summed E-state index contributed by atoms with van der Waals surface area (Å²) in [6.07, 6.45) is 1.06. The summed E-state index contributed by atoms with van der Waals surface area (Å²) in [6, 6.07) is 5.53. The van der Waals surface area contributed by atoms with Crippen molar-refractivity contribution >= 4 is 33.2 Å². The number of aryl methyl sites for hydroxylation is 1. The van der Waals surface area contributed by atoms with Gasteiger partial charge < -0.3 is 14.5 Å². The first-order valence-electron chi connectivity index (χ1n) is 8.45. The highest BCUT2D eigenvalue weighted by Crippen LogP contribution is 2.26. The number of carbonyl (C=O) groups is 1. The van der Waals surface area contributed by atoms with Gasteiger partial charge in [-0.3, -0.25) is 4.79 Å². The van der Waals surface area contributed by atoms with E-state index in [1.165, 1.54) is 0 Å². The number of nitrogens with zero attached hydrogens (tertiary/aromatic N) is 2. The summed E-state index contributed by atoms with van der Waals surface area (Å²) >= 11 is 1.13. The van der Waals surface area contributed by atoms with E-state index in [2.05, 4.69) is 15.5 Å². The van der Waals surface area contributed by atoms with Crippen molar-refractivity contribution in [2.75, 3.05) is 29.7 Å². The fourth-order valence-electron chi connectivity index (χ4n) is 2.89. The molecule has 1 aromatic carbocycles. The lowest BCUT2D eigenvalue weighted by Gasteiger charge is -2.10. The molecule has 3 rings (SSSR count). The maximum Gasteiger partial charge on any atom is 0.277 e. The zero-order valence-corrected chi connectivity index (χ0v) is 16.7. The van der Waals surface area contributed by atoms with Crippen molar-refractivity contribution < 1.29 is 22.4 Å². The number of amides is 1. The van der Waals surface area contributed by atoms with Gasteiger partial charge in [-0.1, -0.05) is 17.8 Å². The van der Waals surface area contributed by atoms with E-state index in [0.717, 1.165) is 17.3 Å². The number of hydrogen-bond donors (Lipinski definition) is 1. The van der Waals surface area contributed by atoms with E-state index in [0.29, 0.717) is 30.2 Å². The van der Waals surface area contributed by atoms with Crippen LogP contribution in [-0.2, 0) is 21.1 Å². The van der Waals surface area contributed by atoms with Crippen molar-refractivity contribution in [1.82, 2.24) is 10.2 Å². The van der Waals surface area contributed by atoms with Gasteiger partial charge in [0.1, 0.15) is 5.75 Å². The normalized spacial score (nSPS) is 18.4. The SMILES string of the molecule is COc1ccc(C)cc1NC(=O)CSc1nnc(C[C@H]2CCS(=O)(=O)C2)o1. The molecule has 1 aliphatic rings. The van der Waals surface area contributed by atoms with Crippen LogP contribution in [0.25, 0.3) is 0 Å². The highest BCUT2D eigenvalue weighted by atomic mass is 32.2. The zero-order valence-electron chi connectivity index (χ0n) is 15.1. The first kappa shape index (κ1) is 19.7. The third-order valence-electron chi connectivity index (χ3n) is 4.19. The minimum atomic E-state index is -2.93. The second kappa shape index (κ2) is 8.30. The van der Waals surface area contributed by atoms with Gasteiger partial charge in [-0.2, -0.15) is 0 Å². The number of benzene rings is 1. The van der Waals surface area contributed by atoms with Crippen molar-refractivity contribution in [3.8, 4) is 5.75 Å². The number of ether oxygens (including phenoxy) is 1. The number of hydrogen-bond acceptors (Lipinski definition) is 8. The maximum absolute atomic E-state index is 12.2. The number of methoxy groups -OCH3 is 1. The van der Waals surface area contributed by atoms with Crippen molar-refractivity contribution in [3.05, 3.63) is 29.7 Å². The molecule has 0 spiro atoms. The molecule has 0 unspecified atom stereocenters. The molecule has 2 aromatic rings. The van der Waals surface area contributed by atoms with Crippen LogP contribution >= 0.6 is 11.8 Å². The van der Waals surface area contributed by atoms with E-state index in [1.807, 2.05) is 19.1 Å². The minimum Gasteiger partial charge on any atom is -0.495 e. The van der Waals surface area contributed by atoms with E-state index in [-0.39, 0.29) is 34.3 Å². The average molecular weight is 412 g/mol. The van der Waals surface area contributed by atoms with Crippen LogP contribution in [0.2, 0.25) is 0 Å². The first-order valence-corrected chi connectivity index (χ1v) is 11.3. The highest BCUT2D eigenvalue weighted by molar-refractivity contribution is 7.99. The molecule has 0 saturated carbocycles. The second-order valence-electron chi connectivity index (χ2n) is 6.48. The Balaban J connectivity index is 1.51. The third kappa shape index (κ3) is 5.46. The van der Waals surface area contributed by atoms with Crippen molar-refractivity contribution in [2.24, 2.45) is 5.92 Å². The van der Waals surface area contributed by atoms with E-state index >= 15 is 0 Å². The third-order valence-corrected chi connectivity index (χ3v) is 6.85. The van der Waals surface area contributed by atoms with Crippen LogP contribution in [0.15, 0.2) is 27.8 Å². The fraction of sp³-hybridized carbons (Fsp3) is 0.471. The predicted molar refractivity (Wildman–Crippen MR) is 102 cm³/mol. The molecule has 2 heterocycles. The molecule has 1 saturated heterocycles. The van der Waals surface area contributed by atoms with Crippen molar-refractivity contribution in [2.45, 2.75) is 25.0 Å². The Morgan fingerprint density at radius 2 is 2.22 bits per heavy atom. The largest absolute Gasteiger partial charge is 0.495 e. The van der Waals surface area contributed by atoms with Gasteiger partial charge in [0.25, 0.3) is 5.22 Å². The monoisotopic (exact) mass is 411 g/mol. The summed E-state index contributed by atoms with van der Waals surface area (Å²) < 4.78 is 33.8. The Kier molecular flexibility index (Phi) is 6.05. The lowest BCUT2D eigenvalue weighted by atomic mass is 10.1.